The second-order valence-electron chi connectivity index (χ2n) is 6.94. The zero-order valence-electron chi connectivity index (χ0n) is 15.9. The minimum absolute atomic E-state index is 0.480. The van der Waals surface area contributed by atoms with Gasteiger partial charge in [-0.2, -0.15) is 0 Å². The van der Waals surface area contributed by atoms with Gasteiger partial charge in [-0.25, -0.2) is 9.48 Å². The van der Waals surface area contributed by atoms with E-state index in [0.29, 0.717) is 18.0 Å². The fraction of sp³-hybridized carbons (Fsp3) is 0.381. The van der Waals surface area contributed by atoms with Crippen molar-refractivity contribution < 1.29 is 19.2 Å². The van der Waals surface area contributed by atoms with Crippen LogP contribution in [0.2, 0.25) is 0 Å². The molecule has 142 valence electrons. The molecule has 5 nitrogen and oxygen atoms in total. The number of anilines is 1. The summed E-state index contributed by atoms with van der Waals surface area (Å²) in [4.78, 5) is 2.22. The summed E-state index contributed by atoms with van der Waals surface area (Å²) in [5, 5.41) is 12.9. The van der Waals surface area contributed by atoms with E-state index in [9.17, 15) is 5.11 Å². The van der Waals surface area contributed by atoms with Gasteiger partial charge in [0.1, 0.15) is 5.69 Å². The second kappa shape index (κ2) is 7.09. The van der Waals surface area contributed by atoms with Crippen molar-refractivity contribution in [1.82, 2.24) is 0 Å². The monoisotopic (exact) mass is 385 g/mol. The Kier molecular flexibility index (Phi) is 4.78. The first-order chi connectivity index (χ1) is 13.1. The topological polar surface area (TPSA) is 44.9 Å². The van der Waals surface area contributed by atoms with Crippen molar-refractivity contribution in [2.24, 2.45) is 0 Å². The van der Waals surface area contributed by atoms with Crippen LogP contribution < -0.4 is 14.4 Å². The molecule has 2 aromatic carbocycles. The van der Waals surface area contributed by atoms with Gasteiger partial charge in [-0.1, -0.05) is 17.7 Å². The fourth-order valence-corrected chi connectivity index (χ4v) is 4.94. The number of aryl methyl sites for hydroxylation is 1. The highest BCUT2D eigenvalue weighted by Crippen LogP contribution is 2.40. The van der Waals surface area contributed by atoms with Gasteiger partial charge in [0.05, 0.1) is 20.8 Å². The highest BCUT2D eigenvalue weighted by Gasteiger charge is 2.53. The molecule has 0 unspecified atom stereocenters. The number of methoxy groups -OCH3 is 2. The fourth-order valence-electron chi connectivity index (χ4n) is 3.76. The number of hydrogen-bond acceptors (Lipinski definition) is 5. The van der Waals surface area contributed by atoms with Gasteiger partial charge in [-0.15, -0.1) is 0 Å². The van der Waals surface area contributed by atoms with Crippen LogP contribution in [0.5, 0.6) is 11.5 Å². The molecule has 2 aliphatic rings. The standard InChI is InChI=1S/C21H25N2O3S/c1-15-5-8-17(9-6-15)22-14-21(24,23-11-4-12-27-20(22)23)16-7-10-18(25-2)19(13-16)26-3/h5-10,13,24H,4,11-12,14H2,1-3H3/q+1/t21-/m0/s1. The molecule has 2 heterocycles. The Morgan fingerprint density at radius 1 is 1.07 bits per heavy atom. The van der Waals surface area contributed by atoms with E-state index in [1.54, 1.807) is 14.2 Å². The highest BCUT2D eigenvalue weighted by atomic mass is 32.2. The van der Waals surface area contributed by atoms with Crippen LogP contribution in [-0.2, 0) is 5.72 Å². The Morgan fingerprint density at radius 3 is 2.52 bits per heavy atom. The van der Waals surface area contributed by atoms with Crippen molar-refractivity contribution in [1.29, 1.82) is 0 Å². The Morgan fingerprint density at radius 2 is 1.81 bits per heavy atom. The van der Waals surface area contributed by atoms with E-state index in [-0.39, 0.29) is 0 Å². The lowest BCUT2D eigenvalue weighted by atomic mass is 10.0. The molecule has 0 saturated heterocycles. The van der Waals surface area contributed by atoms with E-state index in [2.05, 4.69) is 40.7 Å². The zero-order valence-corrected chi connectivity index (χ0v) is 16.8. The molecular formula is C21H25N2O3S+. The molecule has 0 saturated carbocycles. The first-order valence-electron chi connectivity index (χ1n) is 9.13. The van der Waals surface area contributed by atoms with E-state index in [1.807, 2.05) is 30.0 Å². The van der Waals surface area contributed by atoms with Crippen LogP contribution in [-0.4, -0.2) is 47.9 Å². The molecular weight excluding hydrogens is 360 g/mol. The Labute approximate surface area is 164 Å². The van der Waals surface area contributed by atoms with Gasteiger partial charge in [-0.05, 0) is 55.4 Å². The van der Waals surface area contributed by atoms with Crippen molar-refractivity contribution in [2.45, 2.75) is 19.1 Å². The van der Waals surface area contributed by atoms with Crippen molar-refractivity contribution in [2.75, 3.05) is 38.0 Å². The summed E-state index contributed by atoms with van der Waals surface area (Å²) in [6.45, 7) is 3.39. The lowest BCUT2D eigenvalue weighted by Gasteiger charge is -2.25. The van der Waals surface area contributed by atoms with Gasteiger partial charge in [0.2, 0.25) is 0 Å². The smallest absolute Gasteiger partial charge is 0.316 e. The predicted octanol–water partition coefficient (Wildman–Crippen LogP) is 3.18. The molecule has 0 amide bonds. The van der Waals surface area contributed by atoms with E-state index < -0.39 is 5.72 Å². The molecule has 0 fully saturated rings. The minimum atomic E-state index is -1.10. The molecule has 0 bridgehead atoms. The molecule has 0 spiro atoms. The van der Waals surface area contributed by atoms with Crippen LogP contribution >= 0.6 is 11.8 Å². The average molecular weight is 386 g/mol. The van der Waals surface area contributed by atoms with Crippen LogP contribution in [0, 0.1) is 6.92 Å². The van der Waals surface area contributed by atoms with Crippen molar-refractivity contribution >= 4 is 22.6 Å². The Bertz CT molecular complexity index is 881. The van der Waals surface area contributed by atoms with Crippen molar-refractivity contribution in [3.8, 4) is 11.5 Å². The average Bonchev–Trinajstić information content (AvgIpc) is 3.02. The Hall–Kier alpha value is -2.18. The molecule has 2 aromatic rings. The van der Waals surface area contributed by atoms with Gasteiger partial charge >= 0.3 is 5.17 Å². The number of hydrogen-bond donors (Lipinski definition) is 1. The number of benzene rings is 2. The summed E-state index contributed by atoms with van der Waals surface area (Å²) in [5.74, 6) is 2.36. The number of ether oxygens (including phenoxy) is 2. The number of thioether (sulfide) groups is 1. The largest absolute Gasteiger partial charge is 0.493 e. The van der Waals surface area contributed by atoms with Crippen LogP contribution in [0.4, 0.5) is 5.69 Å². The normalized spacial score (nSPS) is 22.0. The lowest BCUT2D eigenvalue weighted by molar-refractivity contribution is -0.656. The number of β-amino-alcohol motifs (C(OH)–C–C–N with tert-alkyl or cyclic N) is 1. The molecule has 1 N–H and O–H groups in total. The van der Waals surface area contributed by atoms with Crippen molar-refractivity contribution in [3.05, 3.63) is 53.6 Å². The molecule has 1 atom stereocenters. The predicted molar refractivity (Wildman–Crippen MR) is 109 cm³/mol. The van der Waals surface area contributed by atoms with Crippen LogP contribution in [0.25, 0.3) is 0 Å². The maximum absolute atomic E-state index is 11.8. The quantitative estimate of drug-likeness (QED) is 0.819. The van der Waals surface area contributed by atoms with Crippen LogP contribution in [0.3, 0.4) is 0 Å². The van der Waals surface area contributed by atoms with Gasteiger partial charge in [0.15, 0.2) is 18.0 Å². The van der Waals surface area contributed by atoms with Gasteiger partial charge < -0.3 is 14.6 Å². The molecule has 6 heteroatoms. The van der Waals surface area contributed by atoms with Gasteiger partial charge in [-0.3, -0.25) is 0 Å². The van der Waals surface area contributed by atoms with Gasteiger partial charge in [0.25, 0.3) is 5.72 Å². The summed E-state index contributed by atoms with van der Waals surface area (Å²) >= 11 is 1.81. The van der Waals surface area contributed by atoms with E-state index >= 15 is 0 Å². The first-order valence-corrected chi connectivity index (χ1v) is 10.1. The first kappa shape index (κ1) is 18.2. The maximum atomic E-state index is 11.8. The Balaban J connectivity index is 1.78. The molecule has 0 aliphatic carbocycles. The summed E-state index contributed by atoms with van der Waals surface area (Å²) in [5.41, 5.74) is 2.04. The molecule has 0 radical (unpaired) electrons. The summed E-state index contributed by atoms with van der Waals surface area (Å²) < 4.78 is 12.9. The van der Waals surface area contributed by atoms with Crippen LogP contribution in [0.1, 0.15) is 17.5 Å². The molecule has 4 rings (SSSR count). The maximum Gasteiger partial charge on any atom is 0.316 e. The SMILES string of the molecule is COc1ccc([C@@]2(O)CN(c3ccc(C)cc3)C3=[N+]2CCCS3)cc1OC. The molecule has 2 aliphatic heterocycles. The van der Waals surface area contributed by atoms with E-state index in [1.165, 1.54) is 5.56 Å². The van der Waals surface area contributed by atoms with E-state index in [4.69, 9.17) is 9.47 Å². The molecule has 27 heavy (non-hydrogen) atoms. The third kappa shape index (κ3) is 3.07. The minimum Gasteiger partial charge on any atom is -0.493 e. The number of amidine groups is 1. The summed E-state index contributed by atoms with van der Waals surface area (Å²) in [7, 11) is 3.24. The third-order valence-corrected chi connectivity index (χ3v) is 6.43. The number of rotatable bonds is 4. The lowest BCUT2D eigenvalue weighted by Crippen LogP contribution is -2.41. The summed E-state index contributed by atoms with van der Waals surface area (Å²) in [6, 6.07) is 14.1. The van der Waals surface area contributed by atoms with E-state index in [0.717, 1.165) is 35.1 Å². The molecule has 0 aromatic heterocycles. The third-order valence-electron chi connectivity index (χ3n) is 5.24. The number of nitrogens with zero attached hydrogens (tertiary/aromatic N) is 2. The second-order valence-corrected chi connectivity index (χ2v) is 8.01. The van der Waals surface area contributed by atoms with Gasteiger partial charge in [0, 0.05) is 11.3 Å². The highest BCUT2D eigenvalue weighted by molar-refractivity contribution is 8.13. The number of aliphatic hydroxyl groups is 1. The van der Waals surface area contributed by atoms with Crippen molar-refractivity contribution in [3.63, 3.8) is 0 Å². The zero-order chi connectivity index (χ0) is 19.0. The van der Waals surface area contributed by atoms with Crippen LogP contribution in [0.15, 0.2) is 42.5 Å². The summed E-state index contributed by atoms with van der Waals surface area (Å²) in [6.07, 6.45) is 1.05.